The van der Waals surface area contributed by atoms with Crippen molar-refractivity contribution in [1.82, 2.24) is 9.97 Å². The number of aryl methyl sites for hydroxylation is 1. The zero-order valence-corrected chi connectivity index (χ0v) is 10.5. The first kappa shape index (κ1) is 12.3. The summed E-state index contributed by atoms with van der Waals surface area (Å²) in [6.45, 7) is 4.96. The Bertz CT molecular complexity index is 388. The van der Waals surface area contributed by atoms with Crippen molar-refractivity contribution in [2.75, 3.05) is 12.0 Å². The van der Waals surface area contributed by atoms with E-state index in [-0.39, 0.29) is 5.60 Å². The van der Waals surface area contributed by atoms with Crippen LogP contribution < -0.4 is 11.3 Å². The molecule has 1 aromatic heterocycles. The van der Waals surface area contributed by atoms with Gasteiger partial charge in [0.05, 0.1) is 0 Å². The van der Waals surface area contributed by atoms with Gasteiger partial charge in [-0.3, -0.25) is 0 Å². The second kappa shape index (κ2) is 4.98. The number of rotatable bonds is 4. The maximum Gasteiger partial charge on any atom is 0.162 e. The molecule has 5 nitrogen and oxygen atoms in total. The molecule has 1 saturated heterocycles. The molecule has 94 valence electrons. The number of ether oxygens (including phenoxy) is 1. The minimum absolute atomic E-state index is 0.352. The van der Waals surface area contributed by atoms with Crippen LogP contribution in [0.25, 0.3) is 0 Å². The highest BCUT2D eigenvalue weighted by Crippen LogP contribution is 2.33. The van der Waals surface area contributed by atoms with Gasteiger partial charge in [-0.25, -0.2) is 15.8 Å². The molecule has 0 bridgehead atoms. The summed E-state index contributed by atoms with van der Waals surface area (Å²) in [4.78, 5) is 9.01. The van der Waals surface area contributed by atoms with Crippen LogP contribution in [0.2, 0.25) is 0 Å². The van der Waals surface area contributed by atoms with E-state index in [4.69, 9.17) is 10.6 Å². The monoisotopic (exact) mass is 236 g/mol. The number of nitrogens with zero attached hydrogens (tertiary/aromatic N) is 2. The molecule has 0 aromatic carbocycles. The van der Waals surface area contributed by atoms with Gasteiger partial charge in [-0.1, -0.05) is 13.3 Å². The van der Waals surface area contributed by atoms with Gasteiger partial charge in [-0.15, -0.1) is 0 Å². The largest absolute Gasteiger partial charge is 0.367 e. The van der Waals surface area contributed by atoms with E-state index in [0.29, 0.717) is 5.82 Å². The van der Waals surface area contributed by atoms with Crippen molar-refractivity contribution in [3.05, 3.63) is 17.6 Å². The van der Waals surface area contributed by atoms with Gasteiger partial charge in [-0.05, 0) is 26.2 Å². The fourth-order valence-corrected chi connectivity index (χ4v) is 2.15. The maximum atomic E-state index is 5.77. The minimum Gasteiger partial charge on any atom is -0.367 e. The van der Waals surface area contributed by atoms with Gasteiger partial charge < -0.3 is 10.2 Å². The summed E-state index contributed by atoms with van der Waals surface area (Å²) in [7, 11) is 0. The van der Waals surface area contributed by atoms with E-state index in [1.54, 1.807) is 0 Å². The third kappa shape index (κ3) is 2.56. The highest BCUT2D eigenvalue weighted by Gasteiger charge is 2.35. The number of nitrogens with one attached hydrogen (secondary N) is 1. The lowest BCUT2D eigenvalue weighted by Gasteiger charge is -2.22. The van der Waals surface area contributed by atoms with E-state index in [1.807, 2.05) is 13.0 Å². The van der Waals surface area contributed by atoms with E-state index in [2.05, 4.69) is 22.3 Å². The normalized spacial score (nSPS) is 23.9. The van der Waals surface area contributed by atoms with Crippen molar-refractivity contribution in [1.29, 1.82) is 0 Å². The Kier molecular flexibility index (Phi) is 3.59. The summed E-state index contributed by atoms with van der Waals surface area (Å²) in [6, 6.07) is 1.89. The van der Waals surface area contributed by atoms with Gasteiger partial charge in [0.15, 0.2) is 5.82 Å². The van der Waals surface area contributed by atoms with Crippen molar-refractivity contribution < 1.29 is 4.74 Å². The molecule has 2 rings (SSSR count). The van der Waals surface area contributed by atoms with Crippen LogP contribution in [0.4, 0.5) is 5.82 Å². The first-order valence-electron chi connectivity index (χ1n) is 6.17. The summed E-state index contributed by atoms with van der Waals surface area (Å²) in [6.07, 6.45) is 4.01. The summed E-state index contributed by atoms with van der Waals surface area (Å²) < 4.78 is 5.77. The number of hydrogen-bond acceptors (Lipinski definition) is 5. The van der Waals surface area contributed by atoms with Gasteiger partial charge in [0.2, 0.25) is 0 Å². The quantitative estimate of drug-likeness (QED) is 0.615. The Morgan fingerprint density at radius 2 is 2.35 bits per heavy atom. The molecular weight excluding hydrogens is 216 g/mol. The molecule has 1 aromatic rings. The average Bonchev–Trinajstić information content (AvgIpc) is 2.77. The number of aromatic nitrogens is 2. The molecule has 1 unspecified atom stereocenters. The zero-order chi connectivity index (χ0) is 12.3. The van der Waals surface area contributed by atoms with Crippen LogP contribution in [0.5, 0.6) is 0 Å². The Labute approximate surface area is 102 Å². The Hall–Kier alpha value is -1.20. The fraction of sp³-hybridized carbons (Fsp3) is 0.667. The molecular formula is C12H20N4O. The van der Waals surface area contributed by atoms with Crippen molar-refractivity contribution in [3.8, 4) is 0 Å². The van der Waals surface area contributed by atoms with Crippen LogP contribution in [0.1, 0.15) is 44.6 Å². The Balaban J connectivity index is 2.35. The molecule has 17 heavy (non-hydrogen) atoms. The molecule has 3 N–H and O–H groups in total. The smallest absolute Gasteiger partial charge is 0.162 e. The third-order valence-corrected chi connectivity index (χ3v) is 3.13. The second-order valence-corrected chi connectivity index (χ2v) is 4.65. The summed E-state index contributed by atoms with van der Waals surface area (Å²) >= 11 is 0. The molecule has 0 aliphatic carbocycles. The summed E-state index contributed by atoms with van der Waals surface area (Å²) in [5, 5.41) is 0. The van der Waals surface area contributed by atoms with Crippen LogP contribution >= 0.6 is 0 Å². The van der Waals surface area contributed by atoms with Crippen LogP contribution in [-0.4, -0.2) is 16.6 Å². The predicted molar refractivity (Wildman–Crippen MR) is 66.4 cm³/mol. The molecule has 2 heterocycles. The van der Waals surface area contributed by atoms with Gasteiger partial charge in [0, 0.05) is 18.4 Å². The molecule has 1 atom stereocenters. The first-order chi connectivity index (χ1) is 8.18. The van der Waals surface area contributed by atoms with Gasteiger partial charge in [-0.2, -0.15) is 0 Å². The molecule has 0 amide bonds. The number of nitrogen functional groups attached to an aromatic ring is 1. The standard InChI is InChI=1S/C12H20N4O/c1-3-5-9-8-10(16-13)15-11(14-9)12(2)6-4-7-17-12/h8H,3-7,13H2,1-2H3,(H,14,15,16). The van der Waals surface area contributed by atoms with E-state index < -0.39 is 0 Å². The lowest BCUT2D eigenvalue weighted by molar-refractivity contribution is 0.00926. The topological polar surface area (TPSA) is 73.1 Å². The van der Waals surface area contributed by atoms with Crippen LogP contribution in [0.3, 0.4) is 0 Å². The first-order valence-corrected chi connectivity index (χ1v) is 6.17. The molecule has 0 saturated carbocycles. The van der Waals surface area contributed by atoms with Gasteiger partial charge in [0.25, 0.3) is 0 Å². The summed E-state index contributed by atoms with van der Waals surface area (Å²) in [5.41, 5.74) is 3.26. The molecule has 1 aliphatic rings. The van der Waals surface area contributed by atoms with E-state index in [0.717, 1.165) is 43.8 Å². The van der Waals surface area contributed by atoms with Crippen molar-refractivity contribution in [3.63, 3.8) is 0 Å². The number of hydrazine groups is 1. The molecule has 1 aliphatic heterocycles. The molecule has 1 fully saturated rings. The Morgan fingerprint density at radius 3 is 2.94 bits per heavy atom. The average molecular weight is 236 g/mol. The van der Waals surface area contributed by atoms with Crippen molar-refractivity contribution in [2.45, 2.75) is 45.1 Å². The number of hydrogen-bond donors (Lipinski definition) is 2. The highest BCUT2D eigenvalue weighted by atomic mass is 16.5. The predicted octanol–water partition coefficient (Wildman–Crippen LogP) is 1.74. The van der Waals surface area contributed by atoms with Crippen molar-refractivity contribution in [2.24, 2.45) is 5.84 Å². The lowest BCUT2D eigenvalue weighted by atomic mass is 10.0. The van der Waals surface area contributed by atoms with E-state index in [1.165, 1.54) is 0 Å². The van der Waals surface area contributed by atoms with Crippen LogP contribution in [-0.2, 0) is 16.8 Å². The Morgan fingerprint density at radius 1 is 1.53 bits per heavy atom. The summed E-state index contributed by atoms with van der Waals surface area (Å²) in [5.74, 6) is 6.85. The SMILES string of the molecule is CCCc1cc(NN)nc(C2(C)CCCO2)n1. The van der Waals surface area contributed by atoms with Gasteiger partial charge in [0.1, 0.15) is 11.4 Å². The highest BCUT2D eigenvalue weighted by molar-refractivity contribution is 5.35. The van der Waals surface area contributed by atoms with Crippen molar-refractivity contribution >= 4 is 5.82 Å². The lowest BCUT2D eigenvalue weighted by Crippen LogP contribution is -2.25. The number of nitrogens with two attached hydrogens (primary N) is 1. The number of anilines is 1. The van der Waals surface area contributed by atoms with E-state index in [9.17, 15) is 0 Å². The minimum atomic E-state index is -0.352. The molecule has 0 spiro atoms. The third-order valence-electron chi connectivity index (χ3n) is 3.13. The second-order valence-electron chi connectivity index (χ2n) is 4.65. The van der Waals surface area contributed by atoms with Gasteiger partial charge >= 0.3 is 0 Å². The fourth-order valence-electron chi connectivity index (χ4n) is 2.15. The van der Waals surface area contributed by atoms with Crippen LogP contribution in [0.15, 0.2) is 6.07 Å². The molecule has 5 heteroatoms. The van der Waals surface area contributed by atoms with E-state index >= 15 is 0 Å². The maximum absolute atomic E-state index is 5.77. The zero-order valence-electron chi connectivity index (χ0n) is 10.5. The molecule has 0 radical (unpaired) electrons. The van der Waals surface area contributed by atoms with Crippen LogP contribution in [0, 0.1) is 0 Å².